The summed E-state index contributed by atoms with van der Waals surface area (Å²) in [4.78, 5) is 2.43. The SMILES string of the molecule is CC(C)CC(C)N(C)C(CN)c1cccc2ccccc12. The second-order valence-electron chi connectivity index (χ2n) is 6.46. The molecule has 2 rings (SSSR count). The molecule has 0 saturated carbocycles. The fourth-order valence-corrected chi connectivity index (χ4v) is 3.21. The van der Waals surface area contributed by atoms with E-state index >= 15 is 0 Å². The molecular weight excluding hydrogens is 256 g/mol. The Hall–Kier alpha value is -1.38. The topological polar surface area (TPSA) is 29.3 Å². The Labute approximate surface area is 128 Å². The first-order valence-electron chi connectivity index (χ1n) is 7.94. The molecule has 0 fully saturated rings. The van der Waals surface area contributed by atoms with Gasteiger partial charge in [0.15, 0.2) is 0 Å². The molecule has 0 radical (unpaired) electrons. The highest BCUT2D eigenvalue weighted by Crippen LogP contribution is 2.29. The number of nitrogens with two attached hydrogens (primary N) is 1. The lowest BCUT2D eigenvalue weighted by Crippen LogP contribution is -2.37. The third-order valence-electron chi connectivity index (χ3n) is 4.41. The summed E-state index contributed by atoms with van der Waals surface area (Å²) in [5, 5.41) is 2.61. The number of rotatable bonds is 6. The van der Waals surface area contributed by atoms with Crippen LogP contribution in [0.1, 0.15) is 38.8 Å². The van der Waals surface area contributed by atoms with Crippen molar-refractivity contribution in [2.24, 2.45) is 11.7 Å². The maximum absolute atomic E-state index is 6.12. The summed E-state index contributed by atoms with van der Waals surface area (Å²) in [6, 6.07) is 15.9. The molecular formula is C19H28N2. The van der Waals surface area contributed by atoms with Gasteiger partial charge in [0.2, 0.25) is 0 Å². The third kappa shape index (κ3) is 3.63. The molecule has 0 aliphatic carbocycles. The first kappa shape index (κ1) is 16.0. The molecule has 2 heteroatoms. The molecule has 0 aliphatic rings. The molecule has 0 saturated heterocycles. The quantitative estimate of drug-likeness (QED) is 0.861. The van der Waals surface area contributed by atoms with E-state index in [1.54, 1.807) is 0 Å². The van der Waals surface area contributed by atoms with Crippen LogP contribution in [-0.4, -0.2) is 24.5 Å². The highest BCUT2D eigenvalue weighted by molar-refractivity contribution is 5.86. The van der Waals surface area contributed by atoms with E-state index in [0.29, 0.717) is 18.5 Å². The minimum absolute atomic E-state index is 0.268. The average Bonchev–Trinajstić information content (AvgIpc) is 2.47. The van der Waals surface area contributed by atoms with Crippen LogP contribution in [0.4, 0.5) is 0 Å². The zero-order valence-corrected chi connectivity index (χ0v) is 13.7. The zero-order valence-electron chi connectivity index (χ0n) is 13.7. The molecule has 2 N–H and O–H groups in total. The highest BCUT2D eigenvalue weighted by atomic mass is 15.2. The van der Waals surface area contributed by atoms with Crippen LogP contribution in [0.25, 0.3) is 10.8 Å². The van der Waals surface area contributed by atoms with E-state index in [1.807, 2.05) is 0 Å². The van der Waals surface area contributed by atoms with Crippen molar-refractivity contribution in [2.45, 2.75) is 39.3 Å². The minimum Gasteiger partial charge on any atom is -0.329 e. The van der Waals surface area contributed by atoms with Gasteiger partial charge in [-0.25, -0.2) is 0 Å². The first-order chi connectivity index (χ1) is 10.0. The predicted octanol–water partition coefficient (Wildman–Crippen LogP) is 4.21. The standard InChI is InChI=1S/C19H28N2/c1-14(2)12-15(3)21(4)19(13-20)18-11-7-9-16-8-5-6-10-17(16)18/h5-11,14-15,19H,12-13,20H2,1-4H3. The monoisotopic (exact) mass is 284 g/mol. The van der Waals surface area contributed by atoms with Crippen molar-refractivity contribution in [1.82, 2.24) is 4.90 Å². The van der Waals surface area contributed by atoms with Gasteiger partial charge in [0.05, 0.1) is 0 Å². The first-order valence-corrected chi connectivity index (χ1v) is 7.94. The molecule has 2 aromatic rings. The van der Waals surface area contributed by atoms with Gasteiger partial charge in [-0.15, -0.1) is 0 Å². The lowest BCUT2D eigenvalue weighted by molar-refractivity contribution is 0.169. The van der Waals surface area contributed by atoms with E-state index in [-0.39, 0.29) is 6.04 Å². The minimum atomic E-state index is 0.268. The average molecular weight is 284 g/mol. The number of benzene rings is 2. The van der Waals surface area contributed by atoms with Gasteiger partial charge in [0, 0.05) is 18.6 Å². The molecule has 2 aromatic carbocycles. The van der Waals surface area contributed by atoms with E-state index in [9.17, 15) is 0 Å². The van der Waals surface area contributed by atoms with Crippen LogP contribution >= 0.6 is 0 Å². The Morgan fingerprint density at radius 2 is 1.67 bits per heavy atom. The summed E-state index contributed by atoms with van der Waals surface area (Å²) in [6.07, 6.45) is 1.19. The summed E-state index contributed by atoms with van der Waals surface area (Å²) in [6.45, 7) is 7.50. The summed E-state index contributed by atoms with van der Waals surface area (Å²) < 4.78 is 0. The van der Waals surface area contributed by atoms with Gasteiger partial charge in [0.1, 0.15) is 0 Å². The summed E-state index contributed by atoms with van der Waals surface area (Å²) in [7, 11) is 2.20. The van der Waals surface area contributed by atoms with Gasteiger partial charge in [-0.3, -0.25) is 4.90 Å². The molecule has 2 nitrogen and oxygen atoms in total. The van der Waals surface area contributed by atoms with Crippen molar-refractivity contribution in [3.8, 4) is 0 Å². The molecule has 0 spiro atoms. The zero-order chi connectivity index (χ0) is 15.4. The van der Waals surface area contributed by atoms with Gasteiger partial charge in [-0.05, 0) is 42.6 Å². The maximum atomic E-state index is 6.12. The fraction of sp³-hybridized carbons (Fsp3) is 0.474. The van der Waals surface area contributed by atoms with Gasteiger partial charge in [-0.1, -0.05) is 56.3 Å². The van der Waals surface area contributed by atoms with E-state index in [0.717, 1.165) is 0 Å². The molecule has 0 bridgehead atoms. The Balaban J connectivity index is 2.35. The number of hydrogen-bond donors (Lipinski definition) is 1. The van der Waals surface area contributed by atoms with Gasteiger partial charge in [0.25, 0.3) is 0 Å². The van der Waals surface area contributed by atoms with Crippen molar-refractivity contribution in [3.63, 3.8) is 0 Å². The second-order valence-corrected chi connectivity index (χ2v) is 6.46. The van der Waals surface area contributed by atoms with Gasteiger partial charge in [-0.2, -0.15) is 0 Å². The van der Waals surface area contributed by atoms with E-state index in [1.165, 1.54) is 22.8 Å². The van der Waals surface area contributed by atoms with E-state index in [4.69, 9.17) is 5.73 Å². The number of hydrogen-bond acceptors (Lipinski definition) is 2. The van der Waals surface area contributed by atoms with Crippen molar-refractivity contribution >= 4 is 10.8 Å². The van der Waals surface area contributed by atoms with Crippen molar-refractivity contribution in [2.75, 3.05) is 13.6 Å². The van der Waals surface area contributed by atoms with Crippen LogP contribution in [0.2, 0.25) is 0 Å². The lowest BCUT2D eigenvalue weighted by atomic mass is 9.95. The van der Waals surface area contributed by atoms with Crippen LogP contribution in [-0.2, 0) is 0 Å². The van der Waals surface area contributed by atoms with Crippen molar-refractivity contribution in [1.29, 1.82) is 0 Å². The Bertz CT molecular complexity index is 571. The van der Waals surface area contributed by atoms with Crippen LogP contribution in [0.15, 0.2) is 42.5 Å². The van der Waals surface area contributed by atoms with E-state index < -0.39 is 0 Å². The van der Waals surface area contributed by atoms with Crippen LogP contribution in [0, 0.1) is 5.92 Å². The normalized spacial score (nSPS) is 14.8. The van der Waals surface area contributed by atoms with Gasteiger partial charge < -0.3 is 5.73 Å². The van der Waals surface area contributed by atoms with Gasteiger partial charge >= 0.3 is 0 Å². The number of fused-ring (bicyclic) bond motifs is 1. The molecule has 2 unspecified atom stereocenters. The molecule has 0 aromatic heterocycles. The predicted molar refractivity (Wildman–Crippen MR) is 92.4 cm³/mol. The molecule has 0 aliphatic heterocycles. The summed E-state index contributed by atoms with van der Waals surface area (Å²) >= 11 is 0. The fourth-order valence-electron chi connectivity index (χ4n) is 3.21. The molecule has 114 valence electrons. The number of nitrogens with zero attached hydrogens (tertiary/aromatic N) is 1. The maximum Gasteiger partial charge on any atom is 0.0476 e. The Morgan fingerprint density at radius 1 is 1.00 bits per heavy atom. The largest absolute Gasteiger partial charge is 0.329 e. The smallest absolute Gasteiger partial charge is 0.0476 e. The molecule has 0 heterocycles. The van der Waals surface area contributed by atoms with E-state index in [2.05, 4.69) is 75.2 Å². The summed E-state index contributed by atoms with van der Waals surface area (Å²) in [5.41, 5.74) is 7.47. The third-order valence-corrected chi connectivity index (χ3v) is 4.41. The van der Waals surface area contributed by atoms with Crippen molar-refractivity contribution < 1.29 is 0 Å². The molecule has 0 amide bonds. The Morgan fingerprint density at radius 3 is 2.33 bits per heavy atom. The van der Waals surface area contributed by atoms with Crippen LogP contribution in [0.3, 0.4) is 0 Å². The van der Waals surface area contributed by atoms with Crippen LogP contribution < -0.4 is 5.73 Å². The molecule has 21 heavy (non-hydrogen) atoms. The number of likely N-dealkylation sites (N-methyl/N-ethyl adjacent to an activating group) is 1. The Kier molecular flexibility index (Phi) is 5.38. The highest BCUT2D eigenvalue weighted by Gasteiger charge is 2.22. The second kappa shape index (κ2) is 7.06. The summed E-state index contributed by atoms with van der Waals surface area (Å²) in [5.74, 6) is 0.702. The van der Waals surface area contributed by atoms with Crippen molar-refractivity contribution in [3.05, 3.63) is 48.0 Å². The lowest BCUT2D eigenvalue weighted by Gasteiger charge is -2.34. The molecule has 2 atom stereocenters. The van der Waals surface area contributed by atoms with Crippen LogP contribution in [0.5, 0.6) is 0 Å².